The quantitative estimate of drug-likeness (QED) is 0.816. The van der Waals surface area contributed by atoms with Gasteiger partial charge in [-0.05, 0) is 49.4 Å². The minimum Gasteiger partial charge on any atom is -0.478 e. The van der Waals surface area contributed by atoms with Crippen LogP contribution in [0.1, 0.15) is 29.5 Å². The van der Waals surface area contributed by atoms with Crippen molar-refractivity contribution in [3.63, 3.8) is 0 Å². The number of pyridine rings is 1. The van der Waals surface area contributed by atoms with Gasteiger partial charge in [-0.2, -0.15) is 0 Å². The number of fused-ring (bicyclic) bond motifs is 1. The van der Waals surface area contributed by atoms with Crippen LogP contribution < -0.4 is 10.6 Å². The van der Waals surface area contributed by atoms with Gasteiger partial charge in [0.25, 0.3) is 0 Å². The lowest BCUT2D eigenvalue weighted by atomic mass is 9.88. The molecule has 0 saturated heterocycles. The molecule has 1 aromatic carbocycles. The zero-order chi connectivity index (χ0) is 19.3. The van der Waals surface area contributed by atoms with Crippen LogP contribution >= 0.6 is 0 Å². The molecule has 0 atom stereocenters. The molecule has 1 saturated carbocycles. The van der Waals surface area contributed by atoms with Crippen LogP contribution in [0.5, 0.6) is 0 Å². The molecular weight excluding hydrogens is 342 g/mol. The minimum atomic E-state index is -1.12. The number of aliphatic carboxylic acids is 1. The first-order chi connectivity index (χ1) is 12.9. The summed E-state index contributed by atoms with van der Waals surface area (Å²) in [5.41, 5.74) is 11.2. The van der Waals surface area contributed by atoms with Crippen LogP contribution in [0.15, 0.2) is 36.2 Å². The van der Waals surface area contributed by atoms with Crippen molar-refractivity contribution in [3.8, 4) is 11.1 Å². The van der Waals surface area contributed by atoms with Gasteiger partial charge in [-0.15, -0.1) is 0 Å². The van der Waals surface area contributed by atoms with E-state index in [-0.39, 0.29) is 17.2 Å². The molecule has 1 aliphatic carbocycles. The van der Waals surface area contributed by atoms with Gasteiger partial charge in [0.05, 0.1) is 16.8 Å². The fourth-order valence-corrected chi connectivity index (χ4v) is 3.61. The predicted octanol–water partition coefficient (Wildman–Crippen LogP) is 3.11. The van der Waals surface area contributed by atoms with E-state index >= 15 is 0 Å². The zero-order valence-electron chi connectivity index (χ0n) is 15.1. The molecule has 0 spiro atoms. The third-order valence-electron chi connectivity index (χ3n) is 5.20. The number of hydrogen-bond acceptors (Lipinski definition) is 5. The third kappa shape index (κ3) is 2.71. The van der Waals surface area contributed by atoms with E-state index in [2.05, 4.69) is 4.98 Å². The molecule has 1 fully saturated rings. The smallest absolute Gasteiger partial charge is 0.338 e. The Morgan fingerprint density at radius 2 is 2.00 bits per heavy atom. The van der Waals surface area contributed by atoms with Crippen molar-refractivity contribution in [2.24, 2.45) is 0 Å². The van der Waals surface area contributed by atoms with Crippen LogP contribution in [0.3, 0.4) is 0 Å². The molecule has 3 N–H and O–H groups in total. The first-order valence-corrected chi connectivity index (χ1v) is 8.77. The number of anilines is 2. The maximum Gasteiger partial charge on any atom is 0.338 e. The van der Waals surface area contributed by atoms with Gasteiger partial charge in [-0.3, -0.25) is 0 Å². The highest BCUT2D eigenvalue weighted by atomic mass is 16.4. The Bertz CT molecular complexity index is 1060. The summed E-state index contributed by atoms with van der Waals surface area (Å²) in [6.45, 7) is 3.89. The molecular formula is C21H19N3O3. The normalized spacial score (nSPS) is 15.9. The molecule has 0 amide bonds. The number of aryl methyl sites for hydroxylation is 1. The number of carboxylic acids is 1. The summed E-state index contributed by atoms with van der Waals surface area (Å²) in [7, 11) is 0. The van der Waals surface area contributed by atoms with E-state index in [4.69, 9.17) is 5.73 Å². The summed E-state index contributed by atoms with van der Waals surface area (Å²) in [6, 6.07) is 5.94. The number of nitrogens with two attached hydrogens (primary N) is 1. The maximum absolute atomic E-state index is 11.6. The summed E-state index contributed by atoms with van der Waals surface area (Å²) in [6.07, 6.45) is 5.30. The minimum absolute atomic E-state index is 0.0125. The first kappa shape index (κ1) is 17.1. The van der Waals surface area contributed by atoms with E-state index in [1.54, 1.807) is 18.5 Å². The molecule has 6 nitrogen and oxygen atoms in total. The summed E-state index contributed by atoms with van der Waals surface area (Å²) in [5.74, 6) is 1.21. The molecule has 1 aromatic heterocycles. The SMILES string of the molecule is Cc1cc(-c2ccc3c(c2C)N(C2CC2)C=C(C(=O)O)C3=C=O)cnc1N. The van der Waals surface area contributed by atoms with Crippen LogP contribution in [0.4, 0.5) is 11.5 Å². The number of carbonyl (C=O) groups is 1. The van der Waals surface area contributed by atoms with Crippen LogP contribution in [0, 0.1) is 13.8 Å². The van der Waals surface area contributed by atoms with Gasteiger partial charge < -0.3 is 15.7 Å². The van der Waals surface area contributed by atoms with Gasteiger partial charge >= 0.3 is 5.97 Å². The van der Waals surface area contributed by atoms with Crippen molar-refractivity contribution in [2.75, 3.05) is 10.6 Å². The molecule has 0 bridgehead atoms. The van der Waals surface area contributed by atoms with Crippen molar-refractivity contribution in [1.82, 2.24) is 4.98 Å². The monoisotopic (exact) mass is 361 g/mol. The van der Waals surface area contributed by atoms with E-state index in [1.807, 2.05) is 36.8 Å². The second-order valence-corrected chi connectivity index (χ2v) is 7.02. The largest absolute Gasteiger partial charge is 0.478 e. The summed E-state index contributed by atoms with van der Waals surface area (Å²) < 4.78 is 0. The number of carbonyl (C=O) groups excluding carboxylic acids is 1. The van der Waals surface area contributed by atoms with E-state index in [0.29, 0.717) is 11.4 Å². The Morgan fingerprint density at radius 1 is 1.30 bits per heavy atom. The molecule has 6 heteroatoms. The van der Waals surface area contributed by atoms with Crippen molar-refractivity contribution in [3.05, 3.63) is 52.9 Å². The van der Waals surface area contributed by atoms with Crippen molar-refractivity contribution in [1.29, 1.82) is 0 Å². The predicted molar refractivity (Wildman–Crippen MR) is 104 cm³/mol. The number of carboxylic acid groups (broad SMARTS) is 1. The Labute approximate surface area is 156 Å². The number of nitrogen functional groups attached to an aromatic ring is 1. The number of benzene rings is 1. The van der Waals surface area contributed by atoms with Crippen molar-refractivity contribution >= 4 is 29.0 Å². The highest BCUT2D eigenvalue weighted by Gasteiger charge is 2.36. The molecule has 1 aliphatic heterocycles. The Morgan fingerprint density at radius 3 is 2.59 bits per heavy atom. The number of nitrogens with zero attached hydrogens (tertiary/aromatic N) is 2. The number of aromatic nitrogens is 1. The fourth-order valence-electron chi connectivity index (χ4n) is 3.61. The van der Waals surface area contributed by atoms with Crippen LogP contribution in [0.2, 0.25) is 0 Å². The highest BCUT2D eigenvalue weighted by molar-refractivity contribution is 6.16. The lowest BCUT2D eigenvalue weighted by molar-refractivity contribution is -0.132. The van der Waals surface area contributed by atoms with Gasteiger partial charge in [-0.1, -0.05) is 12.1 Å². The molecule has 4 rings (SSSR count). The number of hydrogen-bond donors (Lipinski definition) is 2. The summed E-state index contributed by atoms with van der Waals surface area (Å²) >= 11 is 0. The molecule has 2 aliphatic rings. The van der Waals surface area contributed by atoms with Gasteiger partial charge in [0.2, 0.25) is 0 Å². The lowest BCUT2D eigenvalue weighted by Crippen LogP contribution is -2.27. The van der Waals surface area contributed by atoms with E-state index < -0.39 is 5.97 Å². The standard InChI is InChI=1S/C21H19N3O3/c1-11-7-13(8-23-20(11)22)15-5-6-16-18(10-25)17(21(26)27)9-24(14-3-4-14)19(16)12(15)2/h5-9,14H,3-4H2,1-2H3,(H2,22,23)(H,26,27). The van der Waals surface area contributed by atoms with Crippen LogP contribution in [0.25, 0.3) is 16.7 Å². The van der Waals surface area contributed by atoms with E-state index in [1.165, 1.54) is 0 Å². The first-order valence-electron chi connectivity index (χ1n) is 8.77. The van der Waals surface area contributed by atoms with Gasteiger partial charge in [-0.25, -0.2) is 14.6 Å². The van der Waals surface area contributed by atoms with Crippen LogP contribution in [-0.4, -0.2) is 28.0 Å². The summed E-state index contributed by atoms with van der Waals surface area (Å²) in [4.78, 5) is 29.5. The zero-order valence-corrected chi connectivity index (χ0v) is 15.1. The Balaban J connectivity index is 1.94. The van der Waals surface area contributed by atoms with Gasteiger partial charge in [0.1, 0.15) is 11.8 Å². The molecule has 2 aromatic rings. The summed E-state index contributed by atoms with van der Waals surface area (Å²) in [5, 5.41) is 9.53. The van der Waals surface area contributed by atoms with Crippen molar-refractivity contribution < 1.29 is 14.7 Å². The van der Waals surface area contributed by atoms with Crippen LogP contribution in [-0.2, 0) is 9.59 Å². The second-order valence-electron chi connectivity index (χ2n) is 7.02. The average molecular weight is 361 g/mol. The van der Waals surface area contributed by atoms with E-state index in [9.17, 15) is 14.7 Å². The maximum atomic E-state index is 11.6. The fraction of sp³-hybridized carbons (Fsp3) is 0.238. The van der Waals surface area contributed by atoms with Gasteiger partial charge in [0, 0.05) is 29.6 Å². The van der Waals surface area contributed by atoms with Gasteiger partial charge in [0.15, 0.2) is 0 Å². The Kier molecular flexibility index (Phi) is 3.86. The molecule has 2 heterocycles. The topological polar surface area (TPSA) is 96.5 Å². The molecule has 136 valence electrons. The van der Waals surface area contributed by atoms with Crippen molar-refractivity contribution in [2.45, 2.75) is 32.7 Å². The van der Waals surface area contributed by atoms with E-state index in [0.717, 1.165) is 40.8 Å². The molecule has 0 radical (unpaired) electrons. The lowest BCUT2D eigenvalue weighted by Gasteiger charge is -2.31. The number of rotatable bonds is 3. The third-order valence-corrected chi connectivity index (χ3v) is 5.20. The molecule has 0 unspecified atom stereocenters. The highest BCUT2D eigenvalue weighted by Crippen LogP contribution is 2.46. The second kappa shape index (κ2) is 6.11. The average Bonchev–Trinajstić information content (AvgIpc) is 3.48. The molecule has 27 heavy (non-hydrogen) atoms. The Hall–Kier alpha value is -3.37.